The third-order valence-electron chi connectivity index (χ3n) is 5.52. The van der Waals surface area contributed by atoms with Crippen molar-refractivity contribution in [2.45, 2.75) is 25.8 Å². The number of aryl methyl sites for hydroxylation is 1. The standard InChI is InChI=1S/C20H17N5/c1-3-14(19-15(4-1)21-6-7-22-19)18-17-5-2-8-25(17)24-20(18)16-10-12-9-13(12)11-23-16/h1,3-4,6-7,10-13H,2,5,8-9H2. The van der Waals surface area contributed by atoms with Crippen LogP contribution in [0.15, 0.2) is 41.7 Å². The molecule has 2 aliphatic heterocycles. The predicted octanol–water partition coefficient (Wildman–Crippen LogP) is 3.50. The summed E-state index contributed by atoms with van der Waals surface area (Å²) in [5.41, 5.74) is 7.53. The molecule has 0 amide bonds. The molecular formula is C20H17N5. The number of para-hydroxylation sites is 1. The molecule has 1 aliphatic carbocycles. The Hall–Kier alpha value is -2.82. The van der Waals surface area contributed by atoms with Gasteiger partial charge in [-0.2, -0.15) is 5.10 Å². The molecule has 1 fully saturated rings. The summed E-state index contributed by atoms with van der Waals surface area (Å²) in [6, 6.07) is 6.22. The van der Waals surface area contributed by atoms with Gasteiger partial charge < -0.3 is 0 Å². The fourth-order valence-electron chi connectivity index (χ4n) is 4.15. The lowest BCUT2D eigenvalue weighted by Crippen LogP contribution is -1.98. The van der Waals surface area contributed by atoms with Crippen LogP contribution in [-0.2, 0) is 13.0 Å². The zero-order valence-electron chi connectivity index (χ0n) is 13.8. The Morgan fingerprint density at radius 1 is 1.08 bits per heavy atom. The Balaban J connectivity index is 1.63. The highest BCUT2D eigenvalue weighted by atomic mass is 15.3. The van der Waals surface area contributed by atoms with Gasteiger partial charge in [0.1, 0.15) is 5.69 Å². The third-order valence-corrected chi connectivity index (χ3v) is 5.52. The maximum Gasteiger partial charge on any atom is 0.119 e. The first kappa shape index (κ1) is 13.5. The molecule has 122 valence electrons. The number of hydrogen-bond acceptors (Lipinski definition) is 4. The zero-order chi connectivity index (χ0) is 16.4. The molecule has 5 nitrogen and oxygen atoms in total. The van der Waals surface area contributed by atoms with Crippen LogP contribution in [0.2, 0.25) is 0 Å². The molecule has 0 N–H and O–H groups in total. The topological polar surface area (TPSA) is 56.0 Å². The summed E-state index contributed by atoms with van der Waals surface area (Å²) < 4.78 is 2.16. The second kappa shape index (κ2) is 4.85. The highest BCUT2D eigenvalue weighted by Gasteiger charge is 2.37. The minimum Gasteiger partial charge on any atom is -0.268 e. The second-order valence-electron chi connectivity index (χ2n) is 7.12. The van der Waals surface area contributed by atoms with Crippen LogP contribution in [0, 0.1) is 11.8 Å². The van der Waals surface area contributed by atoms with Crippen molar-refractivity contribution in [3.63, 3.8) is 0 Å². The molecule has 4 heterocycles. The zero-order valence-corrected chi connectivity index (χ0v) is 13.8. The lowest BCUT2D eigenvalue weighted by atomic mass is 9.98. The molecule has 5 heteroatoms. The monoisotopic (exact) mass is 327 g/mol. The third kappa shape index (κ3) is 1.95. The average molecular weight is 327 g/mol. The summed E-state index contributed by atoms with van der Waals surface area (Å²) in [6.45, 7) is 0.988. The molecule has 0 spiro atoms. The van der Waals surface area contributed by atoms with Crippen molar-refractivity contribution in [3.05, 3.63) is 48.1 Å². The molecule has 0 saturated heterocycles. The van der Waals surface area contributed by atoms with Crippen LogP contribution < -0.4 is 0 Å². The van der Waals surface area contributed by atoms with Gasteiger partial charge in [-0.05, 0) is 31.2 Å². The molecular weight excluding hydrogens is 310 g/mol. The van der Waals surface area contributed by atoms with E-state index in [9.17, 15) is 0 Å². The SMILES string of the molecule is C1=NC(c2nn3c(c2-c2cccc4nccnc24)CCC3)=CC2CC12. The van der Waals surface area contributed by atoms with Crippen LogP contribution >= 0.6 is 0 Å². The summed E-state index contributed by atoms with van der Waals surface area (Å²) in [7, 11) is 0. The first-order chi connectivity index (χ1) is 12.4. The van der Waals surface area contributed by atoms with Crippen LogP contribution in [0.5, 0.6) is 0 Å². The number of benzene rings is 1. The number of rotatable bonds is 2. The first-order valence-electron chi connectivity index (χ1n) is 8.94. The average Bonchev–Trinajstić information content (AvgIpc) is 3.13. The smallest absolute Gasteiger partial charge is 0.119 e. The van der Waals surface area contributed by atoms with Gasteiger partial charge in [0, 0.05) is 47.9 Å². The first-order valence-corrected chi connectivity index (χ1v) is 8.94. The van der Waals surface area contributed by atoms with E-state index < -0.39 is 0 Å². The summed E-state index contributed by atoms with van der Waals surface area (Å²) in [6.07, 6.45) is 11.4. The summed E-state index contributed by atoms with van der Waals surface area (Å²) in [5, 5.41) is 4.94. The second-order valence-corrected chi connectivity index (χ2v) is 7.12. The number of aromatic nitrogens is 4. The Morgan fingerprint density at radius 3 is 3.00 bits per heavy atom. The van der Waals surface area contributed by atoms with Crippen LogP contribution in [-0.4, -0.2) is 26.0 Å². The molecule has 2 unspecified atom stereocenters. The molecule has 2 atom stereocenters. The van der Waals surface area contributed by atoms with Crippen LogP contribution in [0.1, 0.15) is 24.2 Å². The van der Waals surface area contributed by atoms with E-state index in [4.69, 9.17) is 10.1 Å². The van der Waals surface area contributed by atoms with Gasteiger partial charge in [0.25, 0.3) is 0 Å². The van der Waals surface area contributed by atoms with E-state index in [1.807, 2.05) is 6.07 Å². The van der Waals surface area contributed by atoms with Crippen LogP contribution in [0.4, 0.5) is 0 Å². The van der Waals surface area contributed by atoms with Crippen molar-refractivity contribution in [2.75, 3.05) is 0 Å². The highest BCUT2D eigenvalue weighted by Crippen LogP contribution is 2.45. The predicted molar refractivity (Wildman–Crippen MR) is 97.1 cm³/mol. The van der Waals surface area contributed by atoms with Crippen molar-refractivity contribution in [1.29, 1.82) is 0 Å². The van der Waals surface area contributed by atoms with Gasteiger partial charge in [0.2, 0.25) is 0 Å². The summed E-state index contributed by atoms with van der Waals surface area (Å²) >= 11 is 0. The van der Waals surface area contributed by atoms with Crippen molar-refractivity contribution >= 4 is 22.9 Å². The molecule has 0 bridgehead atoms. The largest absolute Gasteiger partial charge is 0.268 e. The maximum absolute atomic E-state index is 4.94. The Labute approximate surface area is 145 Å². The van der Waals surface area contributed by atoms with E-state index >= 15 is 0 Å². The highest BCUT2D eigenvalue weighted by molar-refractivity contribution is 5.96. The minimum atomic E-state index is 0.657. The van der Waals surface area contributed by atoms with E-state index in [2.05, 4.69) is 39.1 Å². The van der Waals surface area contributed by atoms with E-state index in [-0.39, 0.29) is 0 Å². The van der Waals surface area contributed by atoms with E-state index in [0.29, 0.717) is 11.8 Å². The van der Waals surface area contributed by atoms with Crippen molar-refractivity contribution < 1.29 is 0 Å². The minimum absolute atomic E-state index is 0.657. The number of nitrogens with zero attached hydrogens (tertiary/aromatic N) is 5. The van der Waals surface area contributed by atoms with Crippen molar-refractivity contribution in [1.82, 2.24) is 19.7 Å². The molecule has 0 radical (unpaired) electrons. The van der Waals surface area contributed by atoms with Gasteiger partial charge >= 0.3 is 0 Å². The van der Waals surface area contributed by atoms with Crippen molar-refractivity contribution in [2.24, 2.45) is 16.8 Å². The number of hydrogen-bond donors (Lipinski definition) is 0. The van der Waals surface area contributed by atoms with Crippen LogP contribution in [0.3, 0.4) is 0 Å². The Morgan fingerprint density at radius 2 is 2.04 bits per heavy atom. The fraction of sp³-hybridized carbons (Fsp3) is 0.300. The number of aliphatic imine (C=N–C) groups is 1. The molecule has 3 aliphatic rings. The maximum atomic E-state index is 4.94. The summed E-state index contributed by atoms with van der Waals surface area (Å²) in [4.78, 5) is 13.8. The molecule has 1 aromatic carbocycles. The molecule has 6 rings (SSSR count). The van der Waals surface area contributed by atoms with E-state index in [0.717, 1.165) is 47.4 Å². The lowest BCUT2D eigenvalue weighted by molar-refractivity contribution is 0.653. The van der Waals surface area contributed by atoms with Gasteiger partial charge in [-0.1, -0.05) is 18.2 Å². The van der Waals surface area contributed by atoms with Gasteiger partial charge in [0.15, 0.2) is 0 Å². The molecule has 2 aromatic heterocycles. The van der Waals surface area contributed by atoms with Gasteiger partial charge in [-0.3, -0.25) is 19.6 Å². The van der Waals surface area contributed by atoms with Crippen molar-refractivity contribution in [3.8, 4) is 11.1 Å². The fourth-order valence-corrected chi connectivity index (χ4v) is 4.15. The Kier molecular flexibility index (Phi) is 2.61. The van der Waals surface area contributed by atoms with Crippen LogP contribution in [0.25, 0.3) is 27.9 Å². The van der Waals surface area contributed by atoms with Gasteiger partial charge in [-0.25, -0.2) is 0 Å². The van der Waals surface area contributed by atoms with Gasteiger partial charge in [-0.15, -0.1) is 0 Å². The molecule has 1 saturated carbocycles. The van der Waals surface area contributed by atoms with E-state index in [1.54, 1.807) is 12.4 Å². The Bertz CT molecular complexity index is 1070. The molecule has 25 heavy (non-hydrogen) atoms. The normalized spacial score (nSPS) is 23.4. The van der Waals surface area contributed by atoms with Gasteiger partial charge in [0.05, 0.1) is 16.7 Å². The summed E-state index contributed by atoms with van der Waals surface area (Å²) in [5.74, 6) is 1.31. The molecule has 3 aromatic rings. The lowest BCUT2D eigenvalue weighted by Gasteiger charge is -2.09. The number of allylic oxidation sites excluding steroid dienone is 1. The number of fused-ring (bicyclic) bond motifs is 3. The quantitative estimate of drug-likeness (QED) is 0.724. The van der Waals surface area contributed by atoms with E-state index in [1.165, 1.54) is 17.7 Å².